The molecule has 4 nitrogen and oxygen atoms in total. The summed E-state index contributed by atoms with van der Waals surface area (Å²) in [5.74, 6) is -4.75. The predicted molar refractivity (Wildman–Crippen MR) is 56.2 cm³/mol. The van der Waals surface area contributed by atoms with Gasteiger partial charge < -0.3 is 10.2 Å². The first-order valence-corrected chi connectivity index (χ1v) is 5.58. The number of nitrogens with one attached hydrogen (secondary N) is 1. The molecule has 2 heterocycles. The highest BCUT2D eigenvalue weighted by Gasteiger charge is 2.59. The van der Waals surface area contributed by atoms with E-state index in [1.807, 2.05) is 0 Å². The summed E-state index contributed by atoms with van der Waals surface area (Å²) in [5, 5.41) is 11.6. The van der Waals surface area contributed by atoms with Crippen molar-refractivity contribution in [2.45, 2.75) is 25.8 Å². The molecule has 2 aliphatic heterocycles. The average Bonchev–Trinajstić information content (AvgIpc) is 2.68. The molecule has 0 spiro atoms. The molecule has 0 aromatic rings. The molecule has 0 aliphatic carbocycles. The lowest BCUT2D eigenvalue weighted by Crippen LogP contribution is -2.41. The standard InChI is InChI=1S/C11H15F2N3O/c1-10(2,4-14)6-16-3-7-8(9(16)17)11(12,13)5-15-7/h7-8,15H,3,5-6H2,1-2H3/t7-,8-/m1/s1. The summed E-state index contributed by atoms with van der Waals surface area (Å²) in [6.45, 7) is 3.43. The molecule has 2 rings (SSSR count). The van der Waals surface area contributed by atoms with Gasteiger partial charge in [0.2, 0.25) is 5.91 Å². The van der Waals surface area contributed by atoms with Crippen LogP contribution < -0.4 is 5.32 Å². The van der Waals surface area contributed by atoms with Crippen molar-refractivity contribution >= 4 is 5.91 Å². The summed E-state index contributed by atoms with van der Waals surface area (Å²) >= 11 is 0. The monoisotopic (exact) mass is 243 g/mol. The summed E-state index contributed by atoms with van der Waals surface area (Å²) < 4.78 is 26.9. The largest absolute Gasteiger partial charge is 0.339 e. The minimum atomic E-state index is -2.96. The Morgan fingerprint density at radius 1 is 1.65 bits per heavy atom. The highest BCUT2D eigenvalue weighted by Crippen LogP contribution is 2.38. The van der Waals surface area contributed by atoms with Gasteiger partial charge in [0.15, 0.2) is 0 Å². The van der Waals surface area contributed by atoms with Crippen LogP contribution in [0.15, 0.2) is 0 Å². The highest BCUT2D eigenvalue weighted by atomic mass is 19.3. The number of rotatable bonds is 2. The van der Waals surface area contributed by atoms with Crippen LogP contribution in [0.2, 0.25) is 0 Å². The Hall–Kier alpha value is -1.22. The Kier molecular flexibility index (Phi) is 2.62. The number of nitriles is 1. The minimum Gasteiger partial charge on any atom is -0.339 e. The maximum absolute atomic E-state index is 13.5. The maximum atomic E-state index is 13.5. The van der Waals surface area contributed by atoms with E-state index in [0.29, 0.717) is 0 Å². The Labute approximate surface area is 98.6 Å². The Morgan fingerprint density at radius 2 is 2.29 bits per heavy atom. The summed E-state index contributed by atoms with van der Waals surface area (Å²) in [5.41, 5.74) is -0.705. The first kappa shape index (κ1) is 12.2. The second-order valence-electron chi connectivity index (χ2n) is 5.44. The van der Waals surface area contributed by atoms with Crippen LogP contribution in [-0.4, -0.2) is 42.4 Å². The molecule has 17 heavy (non-hydrogen) atoms. The van der Waals surface area contributed by atoms with E-state index in [1.54, 1.807) is 13.8 Å². The van der Waals surface area contributed by atoms with Gasteiger partial charge in [-0.15, -0.1) is 0 Å². The van der Waals surface area contributed by atoms with Gasteiger partial charge in [0, 0.05) is 19.1 Å². The van der Waals surface area contributed by atoms with Gasteiger partial charge in [-0.2, -0.15) is 5.26 Å². The summed E-state index contributed by atoms with van der Waals surface area (Å²) in [4.78, 5) is 13.3. The molecule has 6 heteroatoms. The van der Waals surface area contributed by atoms with Crippen LogP contribution in [0.4, 0.5) is 8.78 Å². The highest BCUT2D eigenvalue weighted by molar-refractivity contribution is 5.83. The first-order valence-electron chi connectivity index (χ1n) is 5.58. The lowest BCUT2D eigenvalue weighted by molar-refractivity contribution is -0.140. The molecule has 2 saturated heterocycles. The quantitative estimate of drug-likeness (QED) is 0.772. The van der Waals surface area contributed by atoms with Crippen LogP contribution in [0.5, 0.6) is 0 Å². The van der Waals surface area contributed by atoms with Crippen molar-refractivity contribution in [1.29, 1.82) is 5.26 Å². The zero-order chi connectivity index (χ0) is 12.8. The molecule has 0 unspecified atom stereocenters. The number of carbonyl (C=O) groups excluding carboxylic acids is 1. The van der Waals surface area contributed by atoms with Crippen LogP contribution >= 0.6 is 0 Å². The SMILES string of the molecule is CC(C)(C#N)CN1C[C@H]2NCC(F)(F)[C@H]2C1=O. The van der Waals surface area contributed by atoms with Gasteiger partial charge in [-0.1, -0.05) is 0 Å². The number of amides is 1. The summed E-state index contributed by atoms with van der Waals surface area (Å²) in [7, 11) is 0. The van der Waals surface area contributed by atoms with Gasteiger partial charge >= 0.3 is 0 Å². The van der Waals surface area contributed by atoms with E-state index in [-0.39, 0.29) is 13.1 Å². The number of hydrogen-bond acceptors (Lipinski definition) is 3. The number of nitrogens with zero attached hydrogens (tertiary/aromatic N) is 2. The molecule has 1 amide bonds. The van der Waals surface area contributed by atoms with E-state index < -0.39 is 35.7 Å². The third kappa shape index (κ3) is 2.00. The maximum Gasteiger partial charge on any atom is 0.273 e. The second-order valence-corrected chi connectivity index (χ2v) is 5.44. The number of likely N-dealkylation sites (tertiary alicyclic amines) is 1. The molecule has 2 fully saturated rings. The van der Waals surface area contributed by atoms with Gasteiger partial charge in [-0.25, -0.2) is 8.78 Å². The van der Waals surface area contributed by atoms with Crippen molar-refractivity contribution in [3.63, 3.8) is 0 Å². The van der Waals surface area contributed by atoms with Crippen molar-refractivity contribution in [3.8, 4) is 6.07 Å². The number of carbonyl (C=O) groups is 1. The molecule has 94 valence electrons. The zero-order valence-electron chi connectivity index (χ0n) is 9.83. The zero-order valence-corrected chi connectivity index (χ0v) is 9.83. The van der Waals surface area contributed by atoms with Crippen molar-refractivity contribution in [2.24, 2.45) is 11.3 Å². The van der Waals surface area contributed by atoms with Gasteiger partial charge in [0.25, 0.3) is 5.92 Å². The van der Waals surface area contributed by atoms with Gasteiger partial charge in [0.05, 0.1) is 18.0 Å². The Balaban J connectivity index is 2.12. The number of alkyl halides is 2. The minimum absolute atomic E-state index is 0.201. The number of halogens is 2. The third-order valence-electron chi connectivity index (χ3n) is 3.34. The Morgan fingerprint density at radius 3 is 2.82 bits per heavy atom. The topological polar surface area (TPSA) is 56.1 Å². The van der Waals surface area contributed by atoms with Crippen LogP contribution in [0.1, 0.15) is 13.8 Å². The molecule has 2 atom stereocenters. The predicted octanol–water partition coefficient (Wildman–Crippen LogP) is 0.602. The smallest absolute Gasteiger partial charge is 0.273 e. The fraction of sp³-hybridized carbons (Fsp3) is 0.818. The number of fused-ring (bicyclic) bond motifs is 1. The first-order chi connectivity index (χ1) is 7.77. The van der Waals surface area contributed by atoms with Crippen LogP contribution in [0.3, 0.4) is 0 Å². The lowest BCUT2D eigenvalue weighted by Gasteiger charge is -2.25. The van der Waals surface area contributed by atoms with Crippen LogP contribution in [-0.2, 0) is 4.79 Å². The molecule has 2 aliphatic rings. The van der Waals surface area contributed by atoms with Gasteiger partial charge in [0.1, 0.15) is 5.92 Å². The van der Waals surface area contributed by atoms with Crippen molar-refractivity contribution < 1.29 is 13.6 Å². The Bertz CT molecular complexity index is 389. The third-order valence-corrected chi connectivity index (χ3v) is 3.34. The molecular weight excluding hydrogens is 228 g/mol. The van der Waals surface area contributed by atoms with E-state index in [0.717, 1.165) is 0 Å². The van der Waals surface area contributed by atoms with Gasteiger partial charge in [-0.05, 0) is 13.8 Å². The van der Waals surface area contributed by atoms with Crippen molar-refractivity contribution in [2.75, 3.05) is 19.6 Å². The van der Waals surface area contributed by atoms with Crippen LogP contribution in [0, 0.1) is 22.7 Å². The van der Waals surface area contributed by atoms with E-state index in [2.05, 4.69) is 11.4 Å². The molecule has 0 aromatic heterocycles. The van der Waals surface area contributed by atoms with E-state index in [1.165, 1.54) is 4.90 Å². The van der Waals surface area contributed by atoms with E-state index in [9.17, 15) is 13.6 Å². The normalized spacial score (nSPS) is 31.5. The summed E-state index contributed by atoms with van der Waals surface area (Å²) in [6.07, 6.45) is 0. The summed E-state index contributed by atoms with van der Waals surface area (Å²) in [6, 6.07) is 1.59. The van der Waals surface area contributed by atoms with E-state index in [4.69, 9.17) is 5.26 Å². The fourth-order valence-corrected chi connectivity index (χ4v) is 2.49. The van der Waals surface area contributed by atoms with Crippen molar-refractivity contribution in [1.82, 2.24) is 10.2 Å². The lowest BCUT2D eigenvalue weighted by atomic mass is 9.95. The fourth-order valence-electron chi connectivity index (χ4n) is 2.49. The average molecular weight is 243 g/mol. The van der Waals surface area contributed by atoms with Crippen molar-refractivity contribution in [3.05, 3.63) is 0 Å². The van der Waals surface area contributed by atoms with Gasteiger partial charge in [-0.3, -0.25) is 4.79 Å². The van der Waals surface area contributed by atoms with Crippen LogP contribution in [0.25, 0.3) is 0 Å². The molecule has 0 saturated carbocycles. The second kappa shape index (κ2) is 3.64. The molecule has 0 aromatic carbocycles. The molecule has 1 N–H and O–H groups in total. The molecule has 0 bridgehead atoms. The molecule has 0 radical (unpaired) electrons. The number of hydrogen-bond donors (Lipinski definition) is 1. The van der Waals surface area contributed by atoms with E-state index >= 15 is 0 Å². The molecular formula is C11H15F2N3O.